The highest BCUT2D eigenvalue weighted by molar-refractivity contribution is 6.12. The summed E-state index contributed by atoms with van der Waals surface area (Å²) in [6.07, 6.45) is 1.26. The summed E-state index contributed by atoms with van der Waals surface area (Å²) < 4.78 is 0. The Bertz CT molecular complexity index is 831. The van der Waals surface area contributed by atoms with Crippen molar-refractivity contribution < 1.29 is 15.1 Å². The van der Waals surface area contributed by atoms with Crippen LogP contribution >= 0.6 is 0 Å². The summed E-state index contributed by atoms with van der Waals surface area (Å²) in [7, 11) is 0. The number of rotatable bonds is 1. The number of carbonyl (C=O) groups excluding carboxylic acids is 1. The van der Waals surface area contributed by atoms with Crippen LogP contribution in [0, 0.1) is 5.92 Å². The quantitative estimate of drug-likeness (QED) is 0.558. The number of fused-ring (bicyclic) bond motifs is 2. The molecule has 0 bridgehead atoms. The summed E-state index contributed by atoms with van der Waals surface area (Å²) in [5.74, 6) is -1.06. The number of nitrogens with one attached hydrogen (secondary N) is 1. The molecule has 0 unspecified atom stereocenters. The molecule has 0 saturated carbocycles. The molecule has 1 aliphatic heterocycles. The van der Waals surface area contributed by atoms with Crippen LogP contribution in [0.25, 0.3) is 0 Å². The summed E-state index contributed by atoms with van der Waals surface area (Å²) >= 11 is 0. The lowest BCUT2D eigenvalue weighted by molar-refractivity contribution is -0.137. The highest BCUT2D eigenvalue weighted by atomic mass is 16.4. The van der Waals surface area contributed by atoms with E-state index in [4.69, 9.17) is 0 Å². The van der Waals surface area contributed by atoms with Gasteiger partial charge in [-0.3, -0.25) is 4.79 Å². The van der Waals surface area contributed by atoms with E-state index >= 15 is 0 Å². The lowest BCUT2D eigenvalue weighted by Gasteiger charge is -2.35. The molecule has 5 nitrogen and oxygen atoms in total. The highest BCUT2D eigenvalue weighted by Gasteiger charge is 2.54. The highest BCUT2D eigenvalue weighted by Crippen LogP contribution is 2.45. The van der Waals surface area contributed by atoms with Gasteiger partial charge >= 0.3 is 0 Å². The number of nitrogens with zero attached hydrogens (tertiary/aromatic N) is 1. The normalized spacial score (nSPS) is 27.4. The maximum absolute atomic E-state index is 12.5. The minimum atomic E-state index is -1.72. The van der Waals surface area contributed by atoms with Crippen LogP contribution in [0.2, 0.25) is 0 Å². The number of para-hydroxylation sites is 1. The van der Waals surface area contributed by atoms with Gasteiger partial charge in [0.05, 0.1) is 5.71 Å². The van der Waals surface area contributed by atoms with Crippen molar-refractivity contribution in [2.45, 2.75) is 18.4 Å². The number of amides is 1. The van der Waals surface area contributed by atoms with Gasteiger partial charge in [0.2, 0.25) is 0 Å². The Morgan fingerprint density at radius 2 is 1.87 bits per heavy atom. The average molecular weight is 308 g/mol. The van der Waals surface area contributed by atoms with Crippen molar-refractivity contribution >= 4 is 17.3 Å². The average Bonchev–Trinajstić information content (AvgIpc) is 2.85. The summed E-state index contributed by atoms with van der Waals surface area (Å²) in [6, 6.07) is 14.7. The predicted molar refractivity (Wildman–Crippen MR) is 85.5 cm³/mol. The Morgan fingerprint density at radius 3 is 2.70 bits per heavy atom. The van der Waals surface area contributed by atoms with Gasteiger partial charge in [-0.2, -0.15) is 0 Å². The first-order valence-corrected chi connectivity index (χ1v) is 7.60. The molecule has 2 aromatic carbocycles. The Labute approximate surface area is 133 Å². The molecular formula is C18H16N2O3. The molecule has 1 aliphatic carbocycles. The van der Waals surface area contributed by atoms with Gasteiger partial charge < -0.3 is 15.6 Å². The number of aliphatic hydroxyl groups is 1. The number of carbonyl (C=O) groups is 1. The Hall–Kier alpha value is -2.66. The molecule has 1 heterocycles. The van der Waals surface area contributed by atoms with Crippen LogP contribution in [-0.2, 0) is 16.8 Å². The zero-order valence-corrected chi connectivity index (χ0v) is 12.4. The van der Waals surface area contributed by atoms with Crippen LogP contribution in [0.4, 0.5) is 5.69 Å². The zero-order valence-electron chi connectivity index (χ0n) is 12.4. The van der Waals surface area contributed by atoms with Gasteiger partial charge in [0, 0.05) is 22.7 Å². The zero-order chi connectivity index (χ0) is 16.0. The van der Waals surface area contributed by atoms with Gasteiger partial charge in [0.25, 0.3) is 5.91 Å². The summed E-state index contributed by atoms with van der Waals surface area (Å²) in [4.78, 5) is 12.5. The maximum Gasteiger partial charge on any atom is 0.261 e. The monoisotopic (exact) mass is 308 g/mol. The number of benzene rings is 2. The number of hydrogen-bond donors (Lipinski definition) is 3. The third-order valence-electron chi connectivity index (χ3n) is 4.87. The molecule has 3 N–H and O–H groups in total. The van der Waals surface area contributed by atoms with Gasteiger partial charge in [0.1, 0.15) is 0 Å². The van der Waals surface area contributed by atoms with Crippen LogP contribution in [0.1, 0.15) is 23.1 Å². The van der Waals surface area contributed by atoms with Gasteiger partial charge in [-0.05, 0) is 24.5 Å². The summed E-state index contributed by atoms with van der Waals surface area (Å²) in [5.41, 5.74) is 1.64. The lowest BCUT2D eigenvalue weighted by atomic mass is 9.71. The molecule has 0 radical (unpaired) electrons. The molecule has 2 aromatic rings. The second-order valence-electron chi connectivity index (χ2n) is 6.00. The SMILES string of the molecule is O=C1Nc2ccccc2[C@@]1(O)[C@@H]1CCc2ccccc2C1=NO. The lowest BCUT2D eigenvalue weighted by Crippen LogP contribution is -2.47. The third kappa shape index (κ3) is 1.83. The molecule has 23 heavy (non-hydrogen) atoms. The van der Waals surface area contributed by atoms with Gasteiger partial charge in [0.15, 0.2) is 5.60 Å². The van der Waals surface area contributed by atoms with E-state index in [-0.39, 0.29) is 0 Å². The summed E-state index contributed by atoms with van der Waals surface area (Å²) in [5, 5.41) is 27.0. The van der Waals surface area contributed by atoms with E-state index in [2.05, 4.69) is 10.5 Å². The summed E-state index contributed by atoms with van der Waals surface area (Å²) in [6.45, 7) is 0. The third-order valence-corrected chi connectivity index (χ3v) is 4.87. The number of aryl methyl sites for hydroxylation is 1. The van der Waals surface area contributed by atoms with E-state index < -0.39 is 17.4 Å². The molecule has 1 amide bonds. The van der Waals surface area contributed by atoms with Gasteiger partial charge in [-0.1, -0.05) is 47.6 Å². The molecule has 116 valence electrons. The molecule has 0 saturated heterocycles. The number of hydrogen-bond acceptors (Lipinski definition) is 4. The van der Waals surface area contributed by atoms with Gasteiger partial charge in [-0.25, -0.2) is 0 Å². The molecule has 2 atom stereocenters. The Balaban J connectivity index is 1.87. The van der Waals surface area contributed by atoms with Crippen molar-refractivity contribution in [1.29, 1.82) is 0 Å². The van der Waals surface area contributed by atoms with Crippen LogP contribution < -0.4 is 5.32 Å². The minimum Gasteiger partial charge on any atom is -0.411 e. The fourth-order valence-electron chi connectivity index (χ4n) is 3.75. The fraction of sp³-hybridized carbons (Fsp3) is 0.222. The number of oxime groups is 1. The smallest absolute Gasteiger partial charge is 0.261 e. The Kier molecular flexibility index (Phi) is 2.99. The molecule has 5 heteroatoms. The van der Waals surface area contributed by atoms with E-state index in [1.165, 1.54) is 0 Å². The van der Waals surface area contributed by atoms with Crippen molar-refractivity contribution in [1.82, 2.24) is 0 Å². The fourth-order valence-corrected chi connectivity index (χ4v) is 3.75. The minimum absolute atomic E-state index is 0.362. The van der Waals surface area contributed by atoms with Crippen molar-refractivity contribution in [3.8, 4) is 0 Å². The van der Waals surface area contributed by atoms with Crippen molar-refractivity contribution in [3.05, 3.63) is 65.2 Å². The first-order chi connectivity index (χ1) is 11.2. The maximum atomic E-state index is 12.5. The van der Waals surface area contributed by atoms with E-state index in [9.17, 15) is 15.1 Å². The van der Waals surface area contributed by atoms with Gasteiger partial charge in [-0.15, -0.1) is 0 Å². The largest absolute Gasteiger partial charge is 0.411 e. The molecule has 0 spiro atoms. The molecule has 4 rings (SSSR count). The van der Waals surface area contributed by atoms with E-state index in [0.29, 0.717) is 23.4 Å². The van der Waals surface area contributed by atoms with E-state index in [1.54, 1.807) is 18.2 Å². The first kappa shape index (κ1) is 14.0. The molecule has 2 aliphatic rings. The van der Waals surface area contributed by atoms with Crippen LogP contribution in [0.5, 0.6) is 0 Å². The van der Waals surface area contributed by atoms with Crippen LogP contribution in [0.3, 0.4) is 0 Å². The van der Waals surface area contributed by atoms with Crippen LogP contribution in [-0.4, -0.2) is 21.9 Å². The molecular weight excluding hydrogens is 292 g/mol. The molecule has 0 fully saturated rings. The van der Waals surface area contributed by atoms with Crippen molar-refractivity contribution in [3.63, 3.8) is 0 Å². The number of anilines is 1. The van der Waals surface area contributed by atoms with Crippen molar-refractivity contribution in [2.24, 2.45) is 11.1 Å². The first-order valence-electron chi connectivity index (χ1n) is 7.60. The predicted octanol–water partition coefficient (Wildman–Crippen LogP) is 2.27. The topological polar surface area (TPSA) is 81.9 Å². The van der Waals surface area contributed by atoms with E-state index in [1.807, 2.05) is 30.3 Å². The Morgan fingerprint density at radius 1 is 1.13 bits per heavy atom. The van der Waals surface area contributed by atoms with Crippen molar-refractivity contribution in [2.75, 3.05) is 5.32 Å². The van der Waals surface area contributed by atoms with Crippen LogP contribution in [0.15, 0.2) is 53.7 Å². The second kappa shape index (κ2) is 4.93. The molecule has 0 aromatic heterocycles. The standard InChI is InChI=1S/C18H16N2O3/c21-17-18(22,13-7-3-4-8-15(13)19-17)14-10-9-11-5-1-2-6-12(11)16(14)20-23/h1-8,14,22-23H,9-10H2,(H,19,21)/t14-,18-/m1/s1. The van der Waals surface area contributed by atoms with E-state index in [0.717, 1.165) is 17.5 Å². The second-order valence-corrected chi connectivity index (χ2v) is 6.00.